The molecule has 0 fully saturated rings. The van der Waals surface area contributed by atoms with Crippen LogP contribution >= 0.6 is 0 Å². The number of aryl methyl sites for hydroxylation is 1. The Morgan fingerprint density at radius 3 is 2.56 bits per heavy atom. The molecule has 4 aromatic rings. The zero-order valence-corrected chi connectivity index (χ0v) is 18.8. The van der Waals surface area contributed by atoms with Gasteiger partial charge in [-0.1, -0.05) is 6.07 Å². The number of benzene rings is 2. The van der Waals surface area contributed by atoms with E-state index in [1.807, 2.05) is 30.5 Å². The van der Waals surface area contributed by atoms with E-state index >= 15 is 0 Å². The van der Waals surface area contributed by atoms with Crippen molar-refractivity contribution in [3.05, 3.63) is 64.1 Å². The molecule has 2 aromatic carbocycles. The zero-order chi connectivity index (χ0) is 23.0. The molecule has 0 aliphatic heterocycles. The molecule has 4 rings (SSSR count). The summed E-state index contributed by atoms with van der Waals surface area (Å²) >= 11 is 0. The van der Waals surface area contributed by atoms with Crippen LogP contribution in [0, 0.1) is 6.92 Å². The zero-order valence-electron chi connectivity index (χ0n) is 18.8. The Labute approximate surface area is 185 Å². The molecule has 166 valence electrons. The van der Waals surface area contributed by atoms with Crippen molar-refractivity contribution in [2.24, 2.45) is 0 Å². The molecule has 0 spiro atoms. The highest BCUT2D eigenvalue weighted by atomic mass is 16.5. The number of hydrogen-bond acceptors (Lipinski definition) is 5. The van der Waals surface area contributed by atoms with Gasteiger partial charge in [0.15, 0.2) is 11.3 Å². The lowest BCUT2D eigenvalue weighted by atomic mass is 10.0. The van der Waals surface area contributed by atoms with Crippen LogP contribution in [0.3, 0.4) is 0 Å². The van der Waals surface area contributed by atoms with Crippen LogP contribution in [0.1, 0.15) is 31.0 Å². The second-order valence-corrected chi connectivity index (χ2v) is 7.95. The molecule has 0 radical (unpaired) electrons. The predicted molar refractivity (Wildman–Crippen MR) is 125 cm³/mol. The number of carbonyl (C=O) groups excluding carboxylic acids is 1. The second-order valence-electron chi connectivity index (χ2n) is 7.95. The molecular formula is C25H26N2O5. The monoisotopic (exact) mass is 434 g/mol. The Balaban J connectivity index is 1.68. The largest absolute Gasteiger partial charge is 0.493 e. The third kappa shape index (κ3) is 3.60. The summed E-state index contributed by atoms with van der Waals surface area (Å²) < 4.78 is 18.4. The molecular weight excluding hydrogens is 408 g/mol. The number of hydrogen-bond donors (Lipinski definition) is 1. The summed E-state index contributed by atoms with van der Waals surface area (Å²) in [7, 11) is 3.00. The molecule has 0 saturated carbocycles. The smallest absolute Gasteiger partial charge is 0.340 e. The van der Waals surface area contributed by atoms with Gasteiger partial charge >= 0.3 is 5.63 Å². The minimum Gasteiger partial charge on any atom is -0.493 e. The van der Waals surface area contributed by atoms with Crippen molar-refractivity contribution in [1.82, 2.24) is 4.57 Å². The number of carbonyl (C=O) groups is 1. The number of nitrogens with one attached hydrogen (secondary N) is 1. The van der Waals surface area contributed by atoms with E-state index in [1.54, 1.807) is 19.1 Å². The number of nitrogens with zero attached hydrogens (tertiary/aromatic N) is 1. The number of aromatic nitrogens is 1. The molecule has 0 bridgehead atoms. The van der Waals surface area contributed by atoms with E-state index in [2.05, 4.69) is 23.7 Å². The van der Waals surface area contributed by atoms with Crippen LogP contribution in [0.25, 0.3) is 21.9 Å². The maximum absolute atomic E-state index is 12.9. The van der Waals surface area contributed by atoms with Crippen molar-refractivity contribution in [1.29, 1.82) is 0 Å². The first-order valence-electron chi connectivity index (χ1n) is 10.4. The molecule has 0 atom stereocenters. The second kappa shape index (κ2) is 8.42. The molecule has 7 heteroatoms. The van der Waals surface area contributed by atoms with Gasteiger partial charge in [-0.3, -0.25) is 4.79 Å². The summed E-state index contributed by atoms with van der Waals surface area (Å²) in [6.07, 6.45) is 1.91. The van der Waals surface area contributed by atoms with Gasteiger partial charge in [-0.15, -0.1) is 0 Å². The van der Waals surface area contributed by atoms with Gasteiger partial charge in [-0.2, -0.15) is 0 Å². The lowest BCUT2D eigenvalue weighted by Gasteiger charge is -2.13. The van der Waals surface area contributed by atoms with Gasteiger partial charge in [0, 0.05) is 23.0 Å². The normalized spacial score (nSPS) is 11.3. The summed E-state index contributed by atoms with van der Waals surface area (Å²) in [6, 6.07) is 11.6. The SMILES string of the molecule is COc1ccc2c(C)c(CC(=O)Nc3cccc4c3ccn4C(C)C)c(=O)oc2c1OC. The Hall–Kier alpha value is -3.74. The van der Waals surface area contributed by atoms with Crippen LogP contribution < -0.4 is 20.4 Å². The van der Waals surface area contributed by atoms with Crippen LogP contribution in [0.5, 0.6) is 11.5 Å². The van der Waals surface area contributed by atoms with E-state index in [1.165, 1.54) is 14.2 Å². The quantitative estimate of drug-likeness (QED) is 0.439. The van der Waals surface area contributed by atoms with Crippen molar-refractivity contribution in [2.75, 3.05) is 19.5 Å². The molecule has 7 nitrogen and oxygen atoms in total. The Bertz CT molecular complexity index is 1380. The van der Waals surface area contributed by atoms with Crippen molar-refractivity contribution < 1.29 is 18.7 Å². The van der Waals surface area contributed by atoms with Gasteiger partial charge in [0.25, 0.3) is 0 Å². The molecule has 0 saturated heterocycles. The molecule has 1 N–H and O–H groups in total. The van der Waals surface area contributed by atoms with Gasteiger partial charge in [0.2, 0.25) is 11.7 Å². The van der Waals surface area contributed by atoms with E-state index in [0.717, 1.165) is 10.9 Å². The highest BCUT2D eigenvalue weighted by Crippen LogP contribution is 2.36. The molecule has 1 amide bonds. The first-order valence-corrected chi connectivity index (χ1v) is 10.4. The average molecular weight is 434 g/mol. The van der Waals surface area contributed by atoms with Crippen molar-refractivity contribution >= 4 is 33.5 Å². The van der Waals surface area contributed by atoms with Crippen LogP contribution in [-0.4, -0.2) is 24.7 Å². The van der Waals surface area contributed by atoms with Gasteiger partial charge in [-0.25, -0.2) is 4.79 Å². The highest BCUT2D eigenvalue weighted by molar-refractivity contribution is 6.02. The Morgan fingerprint density at radius 1 is 1.09 bits per heavy atom. The molecule has 0 aliphatic rings. The Kier molecular flexibility index (Phi) is 5.65. The fourth-order valence-electron chi connectivity index (χ4n) is 4.07. The van der Waals surface area contributed by atoms with Crippen molar-refractivity contribution in [2.45, 2.75) is 33.2 Å². The third-order valence-electron chi connectivity index (χ3n) is 5.73. The fourth-order valence-corrected chi connectivity index (χ4v) is 4.07. The summed E-state index contributed by atoms with van der Waals surface area (Å²) in [5.41, 5.74) is 2.48. The molecule has 2 aromatic heterocycles. The Morgan fingerprint density at radius 2 is 1.88 bits per heavy atom. The molecule has 0 unspecified atom stereocenters. The van der Waals surface area contributed by atoms with Crippen molar-refractivity contribution in [3.8, 4) is 11.5 Å². The first kappa shape index (κ1) is 21.5. The fraction of sp³-hybridized carbons (Fsp3) is 0.280. The third-order valence-corrected chi connectivity index (χ3v) is 5.73. The van der Waals surface area contributed by atoms with Gasteiger partial charge in [-0.05, 0) is 56.7 Å². The lowest BCUT2D eigenvalue weighted by molar-refractivity contribution is -0.115. The molecule has 2 heterocycles. The number of rotatable bonds is 6. The van der Waals surface area contributed by atoms with Crippen molar-refractivity contribution in [3.63, 3.8) is 0 Å². The summed E-state index contributed by atoms with van der Waals surface area (Å²) in [6.45, 7) is 6.02. The minimum atomic E-state index is -0.569. The number of anilines is 1. The standard InChI is InChI=1S/C25H26N2O5/c1-14(2)27-12-11-17-19(7-6-8-20(17)27)26-22(28)13-18-15(3)16-9-10-21(30-4)24(31-5)23(16)32-25(18)29/h6-12,14H,13H2,1-5H3,(H,26,28). The maximum Gasteiger partial charge on any atom is 0.340 e. The number of methoxy groups -OCH3 is 2. The summed E-state index contributed by atoms with van der Waals surface area (Å²) in [5, 5.41) is 4.60. The van der Waals surface area contributed by atoms with E-state index < -0.39 is 5.63 Å². The van der Waals surface area contributed by atoms with Crippen LogP contribution in [-0.2, 0) is 11.2 Å². The minimum absolute atomic E-state index is 0.0975. The maximum atomic E-state index is 12.9. The number of amides is 1. The van der Waals surface area contributed by atoms with E-state index in [4.69, 9.17) is 13.9 Å². The van der Waals surface area contributed by atoms with Gasteiger partial charge in [0.1, 0.15) is 0 Å². The summed E-state index contributed by atoms with van der Waals surface area (Å²) in [5.74, 6) is 0.530. The first-order chi connectivity index (χ1) is 15.3. The van der Waals surface area contributed by atoms with Gasteiger partial charge in [0.05, 0.1) is 37.4 Å². The lowest BCUT2D eigenvalue weighted by Crippen LogP contribution is -2.21. The van der Waals surface area contributed by atoms with Crippen LogP contribution in [0.4, 0.5) is 5.69 Å². The van der Waals surface area contributed by atoms with E-state index in [9.17, 15) is 9.59 Å². The van der Waals surface area contributed by atoms with E-state index in [0.29, 0.717) is 45.3 Å². The number of ether oxygens (including phenoxy) is 2. The molecule has 32 heavy (non-hydrogen) atoms. The topological polar surface area (TPSA) is 82.7 Å². The van der Waals surface area contributed by atoms with Gasteiger partial charge < -0.3 is 23.8 Å². The summed E-state index contributed by atoms with van der Waals surface area (Å²) in [4.78, 5) is 25.6. The highest BCUT2D eigenvalue weighted by Gasteiger charge is 2.20. The average Bonchev–Trinajstić information content (AvgIpc) is 3.21. The van der Waals surface area contributed by atoms with Crippen LogP contribution in [0.2, 0.25) is 0 Å². The van der Waals surface area contributed by atoms with E-state index in [-0.39, 0.29) is 12.3 Å². The predicted octanol–water partition coefficient (Wildman–Crippen LogP) is 4.84. The van der Waals surface area contributed by atoms with Crippen LogP contribution in [0.15, 0.2) is 51.8 Å². The molecule has 0 aliphatic carbocycles. The number of fused-ring (bicyclic) bond motifs is 2.